The van der Waals surface area contributed by atoms with Crippen LogP contribution in [0.5, 0.6) is 11.5 Å². The Kier molecular flexibility index (Phi) is 4.84. The third-order valence-electron chi connectivity index (χ3n) is 3.90. The Bertz CT molecular complexity index is 936. The Balaban J connectivity index is 1.87. The van der Waals surface area contributed by atoms with Crippen molar-refractivity contribution >= 4 is 22.8 Å². The summed E-state index contributed by atoms with van der Waals surface area (Å²) >= 11 is 0. The lowest BCUT2D eigenvalue weighted by molar-refractivity contribution is 0.355. The zero-order valence-corrected chi connectivity index (χ0v) is 14.8. The molecular formula is C20H21N3O2. The van der Waals surface area contributed by atoms with Crippen molar-refractivity contribution < 1.29 is 9.47 Å². The molecule has 0 spiro atoms. The number of nitrogens with zero attached hydrogens (tertiary/aromatic N) is 2. The summed E-state index contributed by atoms with van der Waals surface area (Å²) in [6, 6.07) is 13.8. The second kappa shape index (κ2) is 7.21. The number of methoxy groups -OCH3 is 2. The summed E-state index contributed by atoms with van der Waals surface area (Å²) < 4.78 is 10.6. The van der Waals surface area contributed by atoms with Crippen LogP contribution in [0.1, 0.15) is 16.8 Å². The number of anilines is 1. The highest BCUT2D eigenvalue weighted by Gasteiger charge is 2.05. The number of fused-ring (bicyclic) bond motifs is 1. The van der Waals surface area contributed by atoms with E-state index in [1.54, 1.807) is 20.4 Å². The van der Waals surface area contributed by atoms with Gasteiger partial charge in [0, 0.05) is 11.1 Å². The molecule has 0 saturated heterocycles. The van der Waals surface area contributed by atoms with E-state index in [2.05, 4.69) is 34.6 Å². The first kappa shape index (κ1) is 16.8. The Morgan fingerprint density at radius 3 is 2.52 bits per heavy atom. The standard InChI is InChI=1S/C20H21N3O2/c1-13-5-7-17-16(9-13)18(10-14(2)22-17)23-21-12-15-6-8-19(24-3)20(11-15)25-4/h5-12H,1-4H3,(H,22,23)/b21-12+. The van der Waals surface area contributed by atoms with Crippen molar-refractivity contribution in [2.24, 2.45) is 5.10 Å². The normalized spacial score (nSPS) is 11.0. The molecule has 2 aromatic carbocycles. The Morgan fingerprint density at radius 1 is 0.960 bits per heavy atom. The molecule has 1 aromatic heterocycles. The van der Waals surface area contributed by atoms with Crippen LogP contribution in [0.25, 0.3) is 10.9 Å². The molecule has 0 atom stereocenters. The van der Waals surface area contributed by atoms with E-state index in [1.165, 1.54) is 5.56 Å². The fourth-order valence-corrected chi connectivity index (χ4v) is 2.67. The maximum absolute atomic E-state index is 5.31. The number of hydrogen-bond acceptors (Lipinski definition) is 5. The maximum atomic E-state index is 5.31. The molecule has 5 heteroatoms. The lowest BCUT2D eigenvalue weighted by Gasteiger charge is -2.09. The summed E-state index contributed by atoms with van der Waals surface area (Å²) in [6.45, 7) is 4.04. The fourth-order valence-electron chi connectivity index (χ4n) is 2.67. The van der Waals surface area contributed by atoms with Gasteiger partial charge in [-0.2, -0.15) is 5.10 Å². The van der Waals surface area contributed by atoms with Gasteiger partial charge in [0.15, 0.2) is 11.5 Å². The molecule has 0 aliphatic carbocycles. The molecule has 0 unspecified atom stereocenters. The van der Waals surface area contributed by atoms with Crippen molar-refractivity contribution in [2.45, 2.75) is 13.8 Å². The van der Waals surface area contributed by atoms with E-state index in [0.29, 0.717) is 11.5 Å². The molecule has 0 bridgehead atoms. The summed E-state index contributed by atoms with van der Waals surface area (Å²) in [7, 11) is 3.23. The first-order chi connectivity index (χ1) is 12.1. The topological polar surface area (TPSA) is 55.7 Å². The van der Waals surface area contributed by atoms with E-state index in [0.717, 1.165) is 27.8 Å². The Labute approximate surface area is 147 Å². The number of rotatable bonds is 5. The predicted octanol–water partition coefficient (Wildman–Crippen LogP) is 4.31. The summed E-state index contributed by atoms with van der Waals surface area (Å²) in [5.74, 6) is 1.37. The van der Waals surface area contributed by atoms with Crippen molar-refractivity contribution in [3.63, 3.8) is 0 Å². The molecule has 128 valence electrons. The zero-order chi connectivity index (χ0) is 17.8. The second-order valence-electron chi connectivity index (χ2n) is 5.82. The molecule has 0 radical (unpaired) electrons. The summed E-state index contributed by atoms with van der Waals surface area (Å²) in [5.41, 5.74) is 8.06. The van der Waals surface area contributed by atoms with Gasteiger partial charge in [-0.25, -0.2) is 0 Å². The molecule has 1 N–H and O–H groups in total. The lowest BCUT2D eigenvalue weighted by atomic mass is 10.1. The molecule has 0 aliphatic heterocycles. The summed E-state index contributed by atoms with van der Waals surface area (Å²) in [5, 5.41) is 5.42. The van der Waals surface area contributed by atoms with Gasteiger partial charge < -0.3 is 9.47 Å². The first-order valence-electron chi connectivity index (χ1n) is 8.00. The number of pyridine rings is 1. The van der Waals surface area contributed by atoms with Gasteiger partial charge in [-0.05, 0) is 55.8 Å². The second-order valence-corrected chi connectivity index (χ2v) is 5.82. The quantitative estimate of drug-likeness (QED) is 0.557. The van der Waals surface area contributed by atoms with Crippen molar-refractivity contribution in [3.05, 3.63) is 59.3 Å². The summed E-state index contributed by atoms with van der Waals surface area (Å²) in [4.78, 5) is 4.56. The van der Waals surface area contributed by atoms with Gasteiger partial charge in [-0.1, -0.05) is 11.6 Å². The average molecular weight is 335 g/mol. The highest BCUT2D eigenvalue weighted by molar-refractivity contribution is 5.92. The molecule has 5 nitrogen and oxygen atoms in total. The molecule has 25 heavy (non-hydrogen) atoms. The minimum absolute atomic E-state index is 0.673. The van der Waals surface area contributed by atoms with E-state index >= 15 is 0 Å². The zero-order valence-electron chi connectivity index (χ0n) is 14.8. The van der Waals surface area contributed by atoms with Crippen LogP contribution in [0.4, 0.5) is 5.69 Å². The number of hydrazone groups is 1. The van der Waals surface area contributed by atoms with E-state index in [4.69, 9.17) is 9.47 Å². The van der Waals surface area contributed by atoms with Gasteiger partial charge in [0.05, 0.1) is 31.6 Å². The van der Waals surface area contributed by atoms with Crippen LogP contribution in [0, 0.1) is 13.8 Å². The van der Waals surface area contributed by atoms with Crippen LogP contribution in [0.2, 0.25) is 0 Å². The number of ether oxygens (including phenoxy) is 2. The van der Waals surface area contributed by atoms with Crippen molar-refractivity contribution in [1.82, 2.24) is 4.98 Å². The molecule has 3 aromatic rings. The maximum Gasteiger partial charge on any atom is 0.161 e. The Hall–Kier alpha value is -3.08. The molecule has 0 aliphatic rings. The minimum atomic E-state index is 0.673. The fraction of sp³-hybridized carbons (Fsp3) is 0.200. The third-order valence-corrected chi connectivity index (χ3v) is 3.90. The van der Waals surface area contributed by atoms with Gasteiger partial charge >= 0.3 is 0 Å². The molecule has 0 amide bonds. The average Bonchev–Trinajstić information content (AvgIpc) is 2.62. The highest BCUT2D eigenvalue weighted by atomic mass is 16.5. The van der Waals surface area contributed by atoms with Crippen LogP contribution < -0.4 is 14.9 Å². The number of hydrogen-bond donors (Lipinski definition) is 1. The molecule has 1 heterocycles. The van der Waals surface area contributed by atoms with Crippen LogP contribution in [-0.2, 0) is 0 Å². The summed E-state index contributed by atoms with van der Waals surface area (Å²) in [6.07, 6.45) is 1.75. The predicted molar refractivity (Wildman–Crippen MR) is 102 cm³/mol. The first-order valence-corrected chi connectivity index (χ1v) is 8.00. The third kappa shape index (κ3) is 3.71. The van der Waals surface area contributed by atoms with E-state index < -0.39 is 0 Å². The number of benzene rings is 2. The van der Waals surface area contributed by atoms with E-state index in [-0.39, 0.29) is 0 Å². The SMILES string of the molecule is COc1ccc(/C=N/Nc2cc(C)nc3ccc(C)cc23)cc1OC. The molecule has 0 saturated carbocycles. The van der Waals surface area contributed by atoms with Crippen LogP contribution in [0.15, 0.2) is 47.6 Å². The van der Waals surface area contributed by atoms with E-state index in [1.807, 2.05) is 37.3 Å². The molecule has 0 fully saturated rings. The van der Waals surface area contributed by atoms with Crippen LogP contribution in [-0.4, -0.2) is 25.4 Å². The van der Waals surface area contributed by atoms with Crippen molar-refractivity contribution in [1.29, 1.82) is 0 Å². The highest BCUT2D eigenvalue weighted by Crippen LogP contribution is 2.27. The lowest BCUT2D eigenvalue weighted by Crippen LogP contribution is -1.96. The van der Waals surface area contributed by atoms with Crippen molar-refractivity contribution in [3.8, 4) is 11.5 Å². The van der Waals surface area contributed by atoms with Gasteiger partial charge in [0.25, 0.3) is 0 Å². The molecular weight excluding hydrogens is 314 g/mol. The van der Waals surface area contributed by atoms with Gasteiger partial charge in [0.2, 0.25) is 0 Å². The van der Waals surface area contributed by atoms with Crippen LogP contribution in [0.3, 0.4) is 0 Å². The minimum Gasteiger partial charge on any atom is -0.493 e. The largest absolute Gasteiger partial charge is 0.493 e. The van der Waals surface area contributed by atoms with Gasteiger partial charge in [0.1, 0.15) is 0 Å². The smallest absolute Gasteiger partial charge is 0.161 e. The number of nitrogens with one attached hydrogen (secondary N) is 1. The Morgan fingerprint density at radius 2 is 1.76 bits per heavy atom. The van der Waals surface area contributed by atoms with Gasteiger partial charge in [-0.15, -0.1) is 0 Å². The number of aromatic nitrogens is 1. The van der Waals surface area contributed by atoms with Crippen LogP contribution >= 0.6 is 0 Å². The van der Waals surface area contributed by atoms with Gasteiger partial charge in [-0.3, -0.25) is 10.4 Å². The number of aryl methyl sites for hydroxylation is 2. The van der Waals surface area contributed by atoms with E-state index in [9.17, 15) is 0 Å². The van der Waals surface area contributed by atoms with Crippen molar-refractivity contribution in [2.75, 3.05) is 19.6 Å². The monoisotopic (exact) mass is 335 g/mol. The molecule has 3 rings (SSSR count).